The number of carboxylic acid groups (broad SMARTS) is 1. The summed E-state index contributed by atoms with van der Waals surface area (Å²) in [5.74, 6) is -0.810. The molecular weight excluding hydrogens is 258 g/mol. The molecule has 0 radical (unpaired) electrons. The van der Waals surface area contributed by atoms with Crippen molar-refractivity contribution in [1.82, 2.24) is 14.7 Å². The summed E-state index contributed by atoms with van der Waals surface area (Å²) in [6, 6.07) is 0. The highest BCUT2D eigenvalue weighted by molar-refractivity contribution is 5.76. The van der Waals surface area contributed by atoms with Crippen LogP contribution in [0.2, 0.25) is 0 Å². The lowest BCUT2D eigenvalue weighted by atomic mass is 10.1. The van der Waals surface area contributed by atoms with Crippen molar-refractivity contribution in [2.75, 3.05) is 13.1 Å². The second kappa shape index (κ2) is 6.07. The predicted octanol–water partition coefficient (Wildman–Crippen LogP) is 1.14. The monoisotopic (exact) mass is 279 g/mol. The van der Waals surface area contributed by atoms with Crippen LogP contribution in [-0.2, 0) is 22.6 Å². The van der Waals surface area contributed by atoms with Gasteiger partial charge in [0.1, 0.15) is 6.54 Å². The largest absolute Gasteiger partial charge is 0.481 e. The highest BCUT2D eigenvalue weighted by Crippen LogP contribution is 2.15. The zero-order valence-electron chi connectivity index (χ0n) is 12.1. The average Bonchev–Trinajstić information content (AvgIpc) is 2.67. The van der Waals surface area contributed by atoms with E-state index in [4.69, 9.17) is 5.11 Å². The first-order valence-electron chi connectivity index (χ1n) is 7.01. The van der Waals surface area contributed by atoms with Crippen LogP contribution in [-0.4, -0.2) is 44.8 Å². The lowest BCUT2D eigenvalue weighted by molar-refractivity contribution is -0.136. The number of carbonyl (C=O) groups is 2. The predicted molar refractivity (Wildman–Crippen MR) is 73.5 cm³/mol. The number of likely N-dealkylation sites (tertiary alicyclic amines) is 1. The first kappa shape index (κ1) is 14.6. The van der Waals surface area contributed by atoms with Crippen LogP contribution < -0.4 is 0 Å². The fourth-order valence-corrected chi connectivity index (χ4v) is 2.67. The molecular formula is C14H21N3O3. The maximum Gasteiger partial charge on any atom is 0.307 e. The summed E-state index contributed by atoms with van der Waals surface area (Å²) in [6.07, 6.45) is 3.27. The molecule has 0 aromatic carbocycles. The third kappa shape index (κ3) is 3.18. The topological polar surface area (TPSA) is 75.4 Å². The number of nitrogens with zero attached hydrogens (tertiary/aromatic N) is 3. The molecule has 0 aliphatic carbocycles. The van der Waals surface area contributed by atoms with Gasteiger partial charge in [-0.1, -0.05) is 0 Å². The molecule has 1 N–H and O–H groups in total. The van der Waals surface area contributed by atoms with E-state index in [1.165, 1.54) is 6.42 Å². The summed E-state index contributed by atoms with van der Waals surface area (Å²) in [7, 11) is 0. The molecule has 6 heteroatoms. The van der Waals surface area contributed by atoms with E-state index in [-0.39, 0.29) is 18.9 Å². The Bertz CT molecular complexity index is 516. The fraction of sp³-hybridized carbons (Fsp3) is 0.643. The molecule has 1 aromatic rings. The summed E-state index contributed by atoms with van der Waals surface area (Å²) in [5, 5.41) is 13.2. The molecule has 1 saturated heterocycles. The number of hydrogen-bond donors (Lipinski definition) is 1. The van der Waals surface area contributed by atoms with Gasteiger partial charge in [-0.25, -0.2) is 0 Å². The third-order valence-electron chi connectivity index (χ3n) is 3.85. The molecule has 2 heterocycles. The van der Waals surface area contributed by atoms with Gasteiger partial charge in [-0.15, -0.1) is 0 Å². The highest BCUT2D eigenvalue weighted by atomic mass is 16.4. The Morgan fingerprint density at radius 3 is 2.45 bits per heavy atom. The summed E-state index contributed by atoms with van der Waals surface area (Å²) in [6.45, 7) is 5.45. The van der Waals surface area contributed by atoms with E-state index < -0.39 is 5.97 Å². The lowest BCUT2D eigenvalue weighted by Crippen LogP contribution is -2.38. The van der Waals surface area contributed by atoms with Crippen LogP contribution in [0.15, 0.2) is 0 Å². The van der Waals surface area contributed by atoms with Crippen molar-refractivity contribution >= 4 is 11.9 Å². The van der Waals surface area contributed by atoms with E-state index in [1.54, 1.807) is 11.6 Å². The van der Waals surface area contributed by atoms with E-state index in [0.29, 0.717) is 11.3 Å². The number of aromatic nitrogens is 2. The van der Waals surface area contributed by atoms with E-state index in [2.05, 4.69) is 5.10 Å². The van der Waals surface area contributed by atoms with E-state index in [0.717, 1.165) is 31.6 Å². The summed E-state index contributed by atoms with van der Waals surface area (Å²) >= 11 is 0. The molecule has 20 heavy (non-hydrogen) atoms. The number of amides is 1. The SMILES string of the molecule is Cc1nn(CC(=O)N2CCCCC2)c(C)c1CC(=O)O. The second-order valence-corrected chi connectivity index (χ2v) is 5.32. The number of piperidine rings is 1. The van der Waals surface area contributed by atoms with Crippen LogP contribution in [0.4, 0.5) is 0 Å². The Hall–Kier alpha value is -1.85. The van der Waals surface area contributed by atoms with Crippen LogP contribution in [0, 0.1) is 13.8 Å². The number of carbonyl (C=O) groups excluding carboxylic acids is 1. The minimum Gasteiger partial charge on any atom is -0.481 e. The van der Waals surface area contributed by atoms with Crippen molar-refractivity contribution in [3.63, 3.8) is 0 Å². The summed E-state index contributed by atoms with van der Waals surface area (Å²) < 4.78 is 1.63. The van der Waals surface area contributed by atoms with Crippen molar-refractivity contribution in [2.24, 2.45) is 0 Å². The number of carboxylic acids is 1. The minimum absolute atomic E-state index is 0.0461. The molecule has 0 bridgehead atoms. The van der Waals surface area contributed by atoms with Crippen molar-refractivity contribution in [1.29, 1.82) is 0 Å². The first-order valence-corrected chi connectivity index (χ1v) is 7.01. The Labute approximate surface area is 118 Å². The minimum atomic E-state index is -0.877. The first-order chi connectivity index (χ1) is 9.49. The number of aryl methyl sites for hydroxylation is 1. The van der Waals surface area contributed by atoms with Gasteiger partial charge in [-0.3, -0.25) is 14.3 Å². The maximum atomic E-state index is 12.2. The molecule has 1 fully saturated rings. The third-order valence-corrected chi connectivity index (χ3v) is 3.85. The summed E-state index contributed by atoms with van der Waals surface area (Å²) in [4.78, 5) is 24.9. The Kier molecular flexibility index (Phi) is 4.42. The lowest BCUT2D eigenvalue weighted by Gasteiger charge is -2.26. The molecule has 1 amide bonds. The van der Waals surface area contributed by atoms with Crippen LogP contribution in [0.5, 0.6) is 0 Å². The molecule has 1 aromatic heterocycles. The van der Waals surface area contributed by atoms with Crippen molar-refractivity contribution in [3.05, 3.63) is 17.0 Å². The quantitative estimate of drug-likeness (QED) is 0.896. The molecule has 1 aliphatic heterocycles. The smallest absolute Gasteiger partial charge is 0.307 e. The van der Waals surface area contributed by atoms with Gasteiger partial charge < -0.3 is 10.0 Å². The number of rotatable bonds is 4. The van der Waals surface area contributed by atoms with E-state index in [1.807, 2.05) is 11.8 Å². The summed E-state index contributed by atoms with van der Waals surface area (Å²) in [5.41, 5.74) is 2.18. The van der Waals surface area contributed by atoms with Crippen molar-refractivity contribution in [3.8, 4) is 0 Å². The molecule has 110 valence electrons. The highest BCUT2D eigenvalue weighted by Gasteiger charge is 2.20. The Morgan fingerprint density at radius 2 is 1.85 bits per heavy atom. The molecule has 6 nitrogen and oxygen atoms in total. The van der Waals surface area contributed by atoms with Crippen LogP contribution >= 0.6 is 0 Å². The molecule has 0 unspecified atom stereocenters. The van der Waals surface area contributed by atoms with Gasteiger partial charge in [0, 0.05) is 24.3 Å². The molecule has 2 rings (SSSR count). The average molecular weight is 279 g/mol. The van der Waals surface area contributed by atoms with Gasteiger partial charge in [0.05, 0.1) is 12.1 Å². The standard InChI is InChI=1S/C14H21N3O3/c1-10-12(8-14(19)20)11(2)17(15-10)9-13(18)16-6-4-3-5-7-16/h3-9H2,1-2H3,(H,19,20). The fourth-order valence-electron chi connectivity index (χ4n) is 2.67. The molecule has 1 aliphatic rings. The Morgan fingerprint density at radius 1 is 1.20 bits per heavy atom. The number of hydrogen-bond acceptors (Lipinski definition) is 3. The Balaban J connectivity index is 2.09. The zero-order valence-corrected chi connectivity index (χ0v) is 12.1. The van der Waals surface area contributed by atoms with Crippen molar-refractivity contribution < 1.29 is 14.7 Å². The second-order valence-electron chi connectivity index (χ2n) is 5.32. The molecule has 0 spiro atoms. The van der Waals surface area contributed by atoms with Crippen LogP contribution in [0.25, 0.3) is 0 Å². The number of aliphatic carboxylic acids is 1. The van der Waals surface area contributed by atoms with Gasteiger partial charge >= 0.3 is 5.97 Å². The molecule has 0 saturated carbocycles. The molecule has 0 atom stereocenters. The van der Waals surface area contributed by atoms with Crippen molar-refractivity contribution in [2.45, 2.75) is 46.1 Å². The normalized spacial score (nSPS) is 15.4. The zero-order chi connectivity index (χ0) is 14.7. The van der Waals surface area contributed by atoms with Crippen LogP contribution in [0.1, 0.15) is 36.2 Å². The van der Waals surface area contributed by atoms with E-state index in [9.17, 15) is 9.59 Å². The van der Waals surface area contributed by atoms with Crippen LogP contribution in [0.3, 0.4) is 0 Å². The van der Waals surface area contributed by atoms with Gasteiger partial charge in [-0.2, -0.15) is 5.10 Å². The van der Waals surface area contributed by atoms with Gasteiger partial charge in [-0.05, 0) is 33.1 Å². The van der Waals surface area contributed by atoms with Gasteiger partial charge in [0.15, 0.2) is 0 Å². The van der Waals surface area contributed by atoms with E-state index >= 15 is 0 Å². The van der Waals surface area contributed by atoms with Gasteiger partial charge in [0.2, 0.25) is 5.91 Å². The van der Waals surface area contributed by atoms with Gasteiger partial charge in [0.25, 0.3) is 0 Å². The maximum absolute atomic E-state index is 12.2.